The first kappa shape index (κ1) is 13.4. The van der Waals surface area contributed by atoms with Crippen LogP contribution < -0.4 is 4.90 Å². The van der Waals surface area contributed by atoms with Gasteiger partial charge < -0.3 is 14.7 Å². The van der Waals surface area contributed by atoms with E-state index >= 15 is 0 Å². The van der Waals surface area contributed by atoms with Gasteiger partial charge in [-0.15, -0.1) is 0 Å². The number of fused-ring (bicyclic) bond motifs is 1. The topological polar surface area (TPSA) is 62.7 Å². The van der Waals surface area contributed by atoms with Gasteiger partial charge in [0.2, 0.25) is 0 Å². The highest BCUT2D eigenvalue weighted by atomic mass is 16.5. The number of anilines is 1. The molecule has 0 spiro atoms. The molecular weight excluding hydrogens is 256 g/mol. The molecule has 108 valence electrons. The third-order valence-electron chi connectivity index (χ3n) is 4.12. The fourth-order valence-corrected chi connectivity index (χ4v) is 3.09. The molecule has 20 heavy (non-hydrogen) atoms. The number of carbonyl (C=O) groups is 1. The SMILES string of the molecule is CN(CC1CCCO1)c1nc2c(cc1C(=O)O)CCC2. The molecule has 3 rings (SSSR count). The summed E-state index contributed by atoms with van der Waals surface area (Å²) in [7, 11) is 1.90. The lowest BCUT2D eigenvalue weighted by Crippen LogP contribution is -2.30. The van der Waals surface area contributed by atoms with E-state index < -0.39 is 5.97 Å². The summed E-state index contributed by atoms with van der Waals surface area (Å²) in [5, 5.41) is 9.41. The van der Waals surface area contributed by atoms with Gasteiger partial charge in [-0.05, 0) is 43.7 Å². The number of pyridine rings is 1. The lowest BCUT2D eigenvalue weighted by atomic mass is 10.1. The van der Waals surface area contributed by atoms with E-state index in [2.05, 4.69) is 4.98 Å². The van der Waals surface area contributed by atoms with Crippen LogP contribution in [0.25, 0.3) is 0 Å². The van der Waals surface area contributed by atoms with Gasteiger partial charge in [-0.25, -0.2) is 9.78 Å². The Morgan fingerprint density at radius 1 is 1.50 bits per heavy atom. The lowest BCUT2D eigenvalue weighted by Gasteiger charge is -2.23. The van der Waals surface area contributed by atoms with Crippen LogP contribution in [0.3, 0.4) is 0 Å². The first-order chi connectivity index (χ1) is 9.65. The van der Waals surface area contributed by atoms with Crippen LogP contribution in [0.4, 0.5) is 5.82 Å². The molecule has 1 aromatic rings. The number of likely N-dealkylation sites (N-methyl/N-ethyl adjacent to an activating group) is 1. The van der Waals surface area contributed by atoms with E-state index in [1.165, 1.54) is 0 Å². The molecule has 1 saturated heterocycles. The minimum atomic E-state index is -0.901. The maximum absolute atomic E-state index is 11.5. The monoisotopic (exact) mass is 276 g/mol. The molecule has 1 N–H and O–H groups in total. The number of aryl methyl sites for hydroxylation is 2. The van der Waals surface area contributed by atoms with Gasteiger partial charge in [0, 0.05) is 25.9 Å². The van der Waals surface area contributed by atoms with Gasteiger partial charge in [0.25, 0.3) is 0 Å². The second-order valence-corrected chi connectivity index (χ2v) is 5.64. The third kappa shape index (κ3) is 2.50. The molecule has 0 saturated carbocycles. The van der Waals surface area contributed by atoms with Crippen LogP contribution >= 0.6 is 0 Å². The minimum Gasteiger partial charge on any atom is -0.478 e. The Bertz CT molecular complexity index is 524. The molecule has 0 radical (unpaired) electrons. The molecule has 1 fully saturated rings. The summed E-state index contributed by atoms with van der Waals surface area (Å²) in [6.07, 6.45) is 5.28. The lowest BCUT2D eigenvalue weighted by molar-refractivity contribution is 0.0696. The highest BCUT2D eigenvalue weighted by molar-refractivity contribution is 5.93. The molecule has 2 aliphatic rings. The van der Waals surface area contributed by atoms with Crippen LogP contribution in [0.15, 0.2) is 6.07 Å². The van der Waals surface area contributed by atoms with E-state index in [9.17, 15) is 9.90 Å². The Labute approximate surface area is 118 Å². The molecule has 5 heteroatoms. The third-order valence-corrected chi connectivity index (χ3v) is 4.12. The molecule has 0 amide bonds. The zero-order valence-electron chi connectivity index (χ0n) is 11.8. The van der Waals surface area contributed by atoms with Gasteiger partial charge in [0.05, 0.1) is 6.10 Å². The highest BCUT2D eigenvalue weighted by Crippen LogP contribution is 2.27. The number of nitrogens with zero attached hydrogens (tertiary/aromatic N) is 2. The maximum Gasteiger partial charge on any atom is 0.339 e. The summed E-state index contributed by atoms with van der Waals surface area (Å²) in [6.45, 7) is 1.51. The minimum absolute atomic E-state index is 0.191. The van der Waals surface area contributed by atoms with Crippen LogP contribution in [-0.4, -0.2) is 42.4 Å². The summed E-state index contributed by atoms with van der Waals surface area (Å²) in [4.78, 5) is 18.0. The number of hydrogen-bond acceptors (Lipinski definition) is 4. The predicted octanol–water partition coefficient (Wildman–Crippen LogP) is 1.88. The van der Waals surface area contributed by atoms with Gasteiger partial charge in [-0.3, -0.25) is 0 Å². The molecule has 1 unspecified atom stereocenters. The van der Waals surface area contributed by atoms with E-state index in [-0.39, 0.29) is 6.10 Å². The van der Waals surface area contributed by atoms with Crippen LogP contribution in [0.2, 0.25) is 0 Å². The number of hydrogen-bond donors (Lipinski definition) is 1. The molecule has 1 atom stereocenters. The van der Waals surface area contributed by atoms with Gasteiger partial charge in [0.1, 0.15) is 11.4 Å². The van der Waals surface area contributed by atoms with Crippen molar-refractivity contribution < 1.29 is 14.6 Å². The van der Waals surface area contributed by atoms with E-state index in [0.29, 0.717) is 17.9 Å². The van der Waals surface area contributed by atoms with Crippen molar-refractivity contribution in [2.24, 2.45) is 0 Å². The zero-order chi connectivity index (χ0) is 14.1. The first-order valence-electron chi connectivity index (χ1n) is 7.24. The largest absolute Gasteiger partial charge is 0.478 e. The van der Waals surface area contributed by atoms with E-state index in [1.54, 1.807) is 6.07 Å². The van der Waals surface area contributed by atoms with Gasteiger partial charge in [-0.2, -0.15) is 0 Å². The Morgan fingerprint density at radius 3 is 3.05 bits per heavy atom. The van der Waals surface area contributed by atoms with E-state index in [1.807, 2.05) is 11.9 Å². The van der Waals surface area contributed by atoms with Crippen molar-refractivity contribution in [1.82, 2.24) is 4.98 Å². The van der Waals surface area contributed by atoms with Crippen molar-refractivity contribution in [3.05, 3.63) is 22.9 Å². The van der Waals surface area contributed by atoms with E-state index in [0.717, 1.165) is 50.0 Å². The van der Waals surface area contributed by atoms with Crippen LogP contribution in [0, 0.1) is 0 Å². The first-order valence-corrected chi connectivity index (χ1v) is 7.24. The van der Waals surface area contributed by atoms with E-state index in [4.69, 9.17) is 4.74 Å². The standard InChI is InChI=1S/C15H20N2O3/c1-17(9-11-5-3-7-20-11)14-12(15(18)19)8-10-4-2-6-13(10)16-14/h8,11H,2-7,9H2,1H3,(H,18,19). The summed E-state index contributed by atoms with van der Waals surface area (Å²) in [5.41, 5.74) is 2.46. The van der Waals surface area contributed by atoms with Crippen molar-refractivity contribution in [2.75, 3.05) is 25.1 Å². The fraction of sp³-hybridized carbons (Fsp3) is 0.600. The Kier molecular flexibility index (Phi) is 3.61. The van der Waals surface area contributed by atoms with Crippen LogP contribution in [0.1, 0.15) is 40.9 Å². The number of aromatic nitrogens is 1. The molecule has 1 aliphatic heterocycles. The number of rotatable bonds is 4. The van der Waals surface area contributed by atoms with Crippen molar-refractivity contribution in [3.8, 4) is 0 Å². The summed E-state index contributed by atoms with van der Waals surface area (Å²) in [5.74, 6) is -0.324. The van der Waals surface area contributed by atoms with Crippen LogP contribution in [0.5, 0.6) is 0 Å². The Balaban J connectivity index is 1.88. The second-order valence-electron chi connectivity index (χ2n) is 5.64. The number of ether oxygens (including phenoxy) is 1. The molecular formula is C15H20N2O3. The predicted molar refractivity (Wildman–Crippen MR) is 75.5 cm³/mol. The van der Waals surface area contributed by atoms with Gasteiger partial charge in [-0.1, -0.05) is 0 Å². The Hall–Kier alpha value is -1.62. The summed E-state index contributed by atoms with van der Waals surface area (Å²) < 4.78 is 5.62. The number of carboxylic acids is 1. The normalized spacial score (nSPS) is 20.9. The fourth-order valence-electron chi connectivity index (χ4n) is 3.09. The molecule has 2 heterocycles. The zero-order valence-corrected chi connectivity index (χ0v) is 11.8. The number of carboxylic acid groups (broad SMARTS) is 1. The average molecular weight is 276 g/mol. The molecule has 1 aromatic heterocycles. The molecule has 0 bridgehead atoms. The van der Waals surface area contributed by atoms with Crippen molar-refractivity contribution >= 4 is 11.8 Å². The summed E-state index contributed by atoms with van der Waals surface area (Å²) in [6, 6.07) is 1.80. The van der Waals surface area contributed by atoms with Crippen molar-refractivity contribution in [1.29, 1.82) is 0 Å². The highest BCUT2D eigenvalue weighted by Gasteiger charge is 2.24. The van der Waals surface area contributed by atoms with Gasteiger partial charge >= 0.3 is 5.97 Å². The quantitative estimate of drug-likeness (QED) is 0.909. The van der Waals surface area contributed by atoms with Gasteiger partial charge in [0.15, 0.2) is 0 Å². The molecule has 1 aliphatic carbocycles. The van der Waals surface area contributed by atoms with Crippen molar-refractivity contribution in [2.45, 2.75) is 38.2 Å². The molecule has 5 nitrogen and oxygen atoms in total. The average Bonchev–Trinajstić information content (AvgIpc) is 3.06. The maximum atomic E-state index is 11.5. The Morgan fingerprint density at radius 2 is 2.35 bits per heavy atom. The smallest absolute Gasteiger partial charge is 0.339 e. The molecule has 0 aromatic carbocycles. The number of aromatic carboxylic acids is 1. The second kappa shape index (κ2) is 5.40. The van der Waals surface area contributed by atoms with Crippen molar-refractivity contribution in [3.63, 3.8) is 0 Å². The van der Waals surface area contributed by atoms with Crippen LogP contribution in [-0.2, 0) is 17.6 Å². The summed E-state index contributed by atoms with van der Waals surface area (Å²) >= 11 is 0.